The van der Waals surface area contributed by atoms with E-state index in [4.69, 9.17) is 9.47 Å². The molecule has 1 saturated heterocycles. The Labute approximate surface area is 400 Å². The summed E-state index contributed by atoms with van der Waals surface area (Å²) < 4.78 is 11.2. The summed E-state index contributed by atoms with van der Waals surface area (Å²) in [4.78, 5) is 13.0. The Hall–Kier alpha value is -1.33. The van der Waals surface area contributed by atoms with E-state index in [2.05, 4.69) is 31.3 Å². The lowest BCUT2D eigenvalue weighted by atomic mass is 9.99. The lowest BCUT2D eigenvalue weighted by Gasteiger charge is -2.40. The number of unbranched alkanes of at least 4 members (excludes halogenated alkanes) is 36. The fourth-order valence-electron chi connectivity index (χ4n) is 9.04. The van der Waals surface area contributed by atoms with E-state index in [0.717, 1.165) is 57.8 Å². The molecule has 0 saturated carbocycles. The molecule has 0 spiro atoms. The number of amides is 1. The number of allylic oxidation sites excluding steroid dienone is 3. The summed E-state index contributed by atoms with van der Waals surface area (Å²) >= 11 is 0. The number of aliphatic hydroxyl groups excluding tert-OH is 5. The van der Waals surface area contributed by atoms with Crippen LogP contribution in [0.2, 0.25) is 0 Å². The van der Waals surface area contributed by atoms with Crippen LogP contribution >= 0.6 is 0 Å². The number of nitrogens with one attached hydrogen (secondary N) is 1. The topological polar surface area (TPSA) is 149 Å². The number of rotatable bonds is 48. The molecule has 65 heavy (non-hydrogen) atoms. The highest BCUT2D eigenvalue weighted by molar-refractivity contribution is 5.76. The van der Waals surface area contributed by atoms with Gasteiger partial charge in [0.25, 0.3) is 0 Å². The van der Waals surface area contributed by atoms with Crippen LogP contribution in [0.3, 0.4) is 0 Å². The zero-order valence-electron chi connectivity index (χ0n) is 42.5. The van der Waals surface area contributed by atoms with Crippen molar-refractivity contribution in [2.45, 2.75) is 314 Å². The smallest absolute Gasteiger partial charge is 0.220 e. The number of carbonyl (C=O) groups is 1. The Morgan fingerprint density at radius 3 is 1.25 bits per heavy atom. The molecule has 0 aromatic heterocycles. The fraction of sp³-hybridized carbons (Fsp3) is 0.911. The van der Waals surface area contributed by atoms with Gasteiger partial charge in [0.05, 0.1) is 25.4 Å². The first kappa shape index (κ1) is 61.7. The molecule has 6 N–H and O–H groups in total. The summed E-state index contributed by atoms with van der Waals surface area (Å²) in [6.45, 7) is 3.79. The van der Waals surface area contributed by atoms with Gasteiger partial charge in [-0.15, -0.1) is 0 Å². The van der Waals surface area contributed by atoms with Crippen molar-refractivity contribution in [3.8, 4) is 0 Å². The third kappa shape index (κ3) is 36.3. The minimum Gasteiger partial charge on any atom is -0.394 e. The molecule has 0 bridgehead atoms. The normalized spacial score (nSPS) is 20.0. The van der Waals surface area contributed by atoms with E-state index in [1.54, 1.807) is 6.08 Å². The van der Waals surface area contributed by atoms with Gasteiger partial charge in [0, 0.05) is 6.42 Å². The fourth-order valence-corrected chi connectivity index (χ4v) is 9.04. The highest BCUT2D eigenvalue weighted by Gasteiger charge is 2.44. The predicted molar refractivity (Wildman–Crippen MR) is 272 cm³/mol. The summed E-state index contributed by atoms with van der Waals surface area (Å²) in [5.41, 5.74) is 0. The molecule has 1 amide bonds. The van der Waals surface area contributed by atoms with Gasteiger partial charge in [-0.25, -0.2) is 0 Å². The molecule has 0 aliphatic carbocycles. The van der Waals surface area contributed by atoms with Gasteiger partial charge in [-0.05, 0) is 44.9 Å². The summed E-state index contributed by atoms with van der Waals surface area (Å²) in [6.07, 6.45) is 51.1. The summed E-state index contributed by atoms with van der Waals surface area (Å²) in [5.74, 6) is -0.183. The molecule has 1 aliphatic rings. The van der Waals surface area contributed by atoms with Crippen LogP contribution in [0.25, 0.3) is 0 Å². The van der Waals surface area contributed by atoms with E-state index in [9.17, 15) is 30.3 Å². The van der Waals surface area contributed by atoms with Crippen molar-refractivity contribution in [1.82, 2.24) is 5.32 Å². The molecule has 1 fully saturated rings. The molecule has 1 aliphatic heterocycles. The molecule has 9 nitrogen and oxygen atoms in total. The van der Waals surface area contributed by atoms with E-state index in [0.29, 0.717) is 6.42 Å². The zero-order valence-corrected chi connectivity index (χ0v) is 42.5. The van der Waals surface area contributed by atoms with Crippen LogP contribution in [0.4, 0.5) is 0 Å². The lowest BCUT2D eigenvalue weighted by molar-refractivity contribution is -0.302. The van der Waals surface area contributed by atoms with Crippen molar-refractivity contribution in [3.63, 3.8) is 0 Å². The van der Waals surface area contributed by atoms with Crippen LogP contribution in [0, 0.1) is 0 Å². The Morgan fingerprint density at radius 1 is 0.508 bits per heavy atom. The van der Waals surface area contributed by atoms with E-state index >= 15 is 0 Å². The van der Waals surface area contributed by atoms with Crippen molar-refractivity contribution in [2.24, 2.45) is 0 Å². The SMILES string of the molecule is CCCCCCC/C=C\CCCCCCCC(=O)NC(COC1OC(CO)C(O)C(O)C1O)C(O)/C=C/CCCCCCCCCCCCCCCCCCCCCCCCCCCC. The van der Waals surface area contributed by atoms with Crippen molar-refractivity contribution < 1.29 is 39.8 Å². The lowest BCUT2D eigenvalue weighted by Crippen LogP contribution is -2.60. The van der Waals surface area contributed by atoms with Gasteiger partial charge in [0.2, 0.25) is 5.91 Å². The average Bonchev–Trinajstić information content (AvgIpc) is 3.31. The van der Waals surface area contributed by atoms with Crippen LogP contribution in [-0.2, 0) is 14.3 Å². The standard InChI is InChI=1S/C56H107NO8/c1-3-5-7-9-11-13-15-17-19-20-21-22-23-24-25-26-27-28-29-30-31-32-33-35-37-39-41-43-45-50(59)49(48-64-56-55(63)54(62)53(61)51(47-58)65-56)57-52(60)46-44-42-40-38-36-34-18-16-14-12-10-8-6-4-2/h16,18,43,45,49-51,53-56,58-59,61-63H,3-15,17,19-42,44,46-48H2,1-2H3,(H,57,60)/b18-16-,45-43+. The van der Waals surface area contributed by atoms with Crippen molar-refractivity contribution in [3.05, 3.63) is 24.3 Å². The molecule has 9 heteroatoms. The first-order valence-corrected chi connectivity index (χ1v) is 28.1. The summed E-state index contributed by atoms with van der Waals surface area (Å²) in [7, 11) is 0. The van der Waals surface area contributed by atoms with Gasteiger partial charge in [-0.1, -0.05) is 244 Å². The van der Waals surface area contributed by atoms with Crippen molar-refractivity contribution in [2.75, 3.05) is 13.2 Å². The molecule has 384 valence electrons. The van der Waals surface area contributed by atoms with Gasteiger partial charge in [-0.3, -0.25) is 4.79 Å². The van der Waals surface area contributed by atoms with Gasteiger partial charge in [0.1, 0.15) is 24.4 Å². The zero-order chi connectivity index (χ0) is 47.3. The number of carbonyl (C=O) groups excluding carboxylic acids is 1. The molecule has 0 radical (unpaired) electrons. The molecule has 1 rings (SSSR count). The summed E-state index contributed by atoms with van der Waals surface area (Å²) in [5, 5.41) is 54.4. The highest BCUT2D eigenvalue weighted by atomic mass is 16.7. The van der Waals surface area contributed by atoms with E-state index in [1.165, 1.54) is 193 Å². The van der Waals surface area contributed by atoms with Crippen molar-refractivity contribution in [1.29, 1.82) is 0 Å². The second kappa shape index (κ2) is 46.4. The number of hydrogen-bond acceptors (Lipinski definition) is 8. The Morgan fingerprint density at radius 2 is 0.862 bits per heavy atom. The highest BCUT2D eigenvalue weighted by Crippen LogP contribution is 2.23. The molecule has 1 heterocycles. The first-order valence-electron chi connectivity index (χ1n) is 28.1. The van der Waals surface area contributed by atoms with Gasteiger partial charge < -0.3 is 40.3 Å². The monoisotopic (exact) mass is 922 g/mol. The maximum absolute atomic E-state index is 13.0. The van der Waals surface area contributed by atoms with Crippen LogP contribution in [-0.4, -0.2) is 87.5 Å². The minimum absolute atomic E-state index is 0.183. The molecule has 7 atom stereocenters. The van der Waals surface area contributed by atoms with Crippen LogP contribution < -0.4 is 5.32 Å². The molecular formula is C56H107NO8. The Bertz CT molecular complexity index is 1070. The summed E-state index contributed by atoms with van der Waals surface area (Å²) in [6, 6.07) is -0.807. The largest absolute Gasteiger partial charge is 0.394 e. The second-order valence-corrected chi connectivity index (χ2v) is 19.7. The third-order valence-corrected chi connectivity index (χ3v) is 13.5. The maximum atomic E-state index is 13.0. The van der Waals surface area contributed by atoms with Crippen molar-refractivity contribution >= 4 is 5.91 Å². The molecule has 7 unspecified atom stereocenters. The van der Waals surface area contributed by atoms with E-state index in [1.807, 2.05) is 6.08 Å². The van der Waals surface area contributed by atoms with Gasteiger partial charge >= 0.3 is 0 Å². The van der Waals surface area contributed by atoms with Crippen LogP contribution in [0.5, 0.6) is 0 Å². The van der Waals surface area contributed by atoms with E-state index in [-0.39, 0.29) is 12.5 Å². The van der Waals surface area contributed by atoms with Crippen LogP contribution in [0.1, 0.15) is 271 Å². The number of ether oxygens (including phenoxy) is 2. The van der Waals surface area contributed by atoms with E-state index < -0.39 is 49.5 Å². The minimum atomic E-state index is -1.57. The number of hydrogen-bond donors (Lipinski definition) is 6. The molecular weight excluding hydrogens is 815 g/mol. The first-order chi connectivity index (χ1) is 31.8. The second-order valence-electron chi connectivity index (χ2n) is 19.7. The number of aliphatic hydroxyl groups is 5. The predicted octanol–water partition coefficient (Wildman–Crippen LogP) is 13.4. The van der Waals surface area contributed by atoms with Crippen LogP contribution in [0.15, 0.2) is 24.3 Å². The molecule has 0 aromatic carbocycles. The van der Waals surface area contributed by atoms with Gasteiger partial charge in [-0.2, -0.15) is 0 Å². The maximum Gasteiger partial charge on any atom is 0.220 e. The Balaban J connectivity index is 2.19. The quantitative estimate of drug-likeness (QED) is 0.0261. The average molecular weight is 922 g/mol. The van der Waals surface area contributed by atoms with Gasteiger partial charge in [0.15, 0.2) is 6.29 Å². The molecule has 0 aromatic rings. The Kier molecular flexibility index (Phi) is 44.0. The third-order valence-electron chi connectivity index (χ3n) is 13.5.